The molecular formula is C15H13Cl2N5O2. The van der Waals surface area contributed by atoms with Crippen LogP contribution in [0.15, 0.2) is 29.3 Å². The van der Waals surface area contributed by atoms with Crippen LogP contribution < -0.4 is 10.9 Å². The van der Waals surface area contributed by atoms with E-state index in [4.69, 9.17) is 23.2 Å². The highest BCUT2D eigenvalue weighted by Crippen LogP contribution is 2.25. The van der Waals surface area contributed by atoms with Crippen molar-refractivity contribution in [2.75, 3.05) is 5.32 Å². The summed E-state index contributed by atoms with van der Waals surface area (Å²) < 4.78 is 1.24. The van der Waals surface area contributed by atoms with Gasteiger partial charge in [-0.05, 0) is 31.5 Å². The Balaban J connectivity index is 1.75. The van der Waals surface area contributed by atoms with Crippen LogP contribution in [0.2, 0.25) is 10.0 Å². The Morgan fingerprint density at radius 3 is 2.96 bits per heavy atom. The van der Waals surface area contributed by atoms with Crippen molar-refractivity contribution in [1.29, 1.82) is 0 Å². The van der Waals surface area contributed by atoms with Gasteiger partial charge in [0.15, 0.2) is 0 Å². The van der Waals surface area contributed by atoms with Gasteiger partial charge >= 0.3 is 0 Å². The lowest BCUT2D eigenvalue weighted by atomic mass is 10.1. The van der Waals surface area contributed by atoms with Crippen molar-refractivity contribution in [2.24, 2.45) is 0 Å². The minimum atomic E-state index is -0.271. The van der Waals surface area contributed by atoms with E-state index in [1.165, 1.54) is 10.8 Å². The van der Waals surface area contributed by atoms with Crippen LogP contribution in [-0.2, 0) is 11.2 Å². The number of nitrogens with zero attached hydrogens (tertiary/aromatic N) is 3. The molecule has 0 saturated carbocycles. The Hall–Kier alpha value is -2.38. The molecule has 0 radical (unpaired) electrons. The second-order valence-corrected chi connectivity index (χ2v) is 6.02. The number of halogens is 2. The SMILES string of the molecule is Cc1nc2nc[nH]n2c(=O)c1CCC(=O)Nc1cc(Cl)ccc1Cl. The lowest BCUT2D eigenvalue weighted by Crippen LogP contribution is -2.23. The van der Waals surface area contributed by atoms with E-state index in [2.05, 4.69) is 20.4 Å². The smallest absolute Gasteiger partial charge is 0.277 e. The van der Waals surface area contributed by atoms with Gasteiger partial charge in [-0.2, -0.15) is 4.52 Å². The number of benzene rings is 1. The summed E-state index contributed by atoms with van der Waals surface area (Å²) in [6.07, 6.45) is 1.76. The maximum absolute atomic E-state index is 12.4. The summed E-state index contributed by atoms with van der Waals surface area (Å²) in [5.74, 6) is 0.0316. The van der Waals surface area contributed by atoms with E-state index in [1.54, 1.807) is 25.1 Å². The van der Waals surface area contributed by atoms with E-state index in [9.17, 15) is 9.59 Å². The van der Waals surface area contributed by atoms with Gasteiger partial charge in [-0.1, -0.05) is 23.2 Å². The van der Waals surface area contributed by atoms with E-state index in [1.807, 2.05) is 0 Å². The van der Waals surface area contributed by atoms with Crippen molar-refractivity contribution in [2.45, 2.75) is 19.8 Å². The summed E-state index contributed by atoms with van der Waals surface area (Å²) in [6, 6.07) is 4.81. The van der Waals surface area contributed by atoms with Crippen molar-refractivity contribution in [3.63, 3.8) is 0 Å². The average molecular weight is 366 g/mol. The first-order valence-electron chi connectivity index (χ1n) is 7.12. The predicted molar refractivity (Wildman–Crippen MR) is 91.8 cm³/mol. The van der Waals surface area contributed by atoms with Gasteiger partial charge in [0, 0.05) is 17.0 Å². The highest BCUT2D eigenvalue weighted by Gasteiger charge is 2.13. The number of H-pyrrole nitrogens is 1. The van der Waals surface area contributed by atoms with Crippen molar-refractivity contribution >= 4 is 40.6 Å². The number of carbonyl (C=O) groups is 1. The van der Waals surface area contributed by atoms with Crippen LogP contribution in [0.1, 0.15) is 17.7 Å². The molecule has 124 valence electrons. The van der Waals surface area contributed by atoms with Crippen molar-refractivity contribution in [3.8, 4) is 0 Å². The molecule has 24 heavy (non-hydrogen) atoms. The van der Waals surface area contributed by atoms with Crippen LogP contribution in [0, 0.1) is 6.92 Å². The zero-order valence-corrected chi connectivity index (χ0v) is 14.1. The van der Waals surface area contributed by atoms with Gasteiger partial charge in [-0.25, -0.2) is 9.97 Å². The van der Waals surface area contributed by atoms with E-state index >= 15 is 0 Å². The topological polar surface area (TPSA) is 92.2 Å². The van der Waals surface area contributed by atoms with Crippen LogP contribution in [0.4, 0.5) is 5.69 Å². The van der Waals surface area contributed by atoms with E-state index < -0.39 is 0 Å². The first-order valence-corrected chi connectivity index (χ1v) is 7.88. The van der Waals surface area contributed by atoms with Crippen molar-refractivity contribution < 1.29 is 4.79 Å². The number of fused-ring (bicyclic) bond motifs is 1. The van der Waals surface area contributed by atoms with Crippen molar-refractivity contribution in [3.05, 3.63) is 56.2 Å². The fourth-order valence-electron chi connectivity index (χ4n) is 2.33. The third kappa shape index (κ3) is 3.27. The van der Waals surface area contributed by atoms with E-state index in [0.29, 0.717) is 32.8 Å². The predicted octanol–water partition coefficient (Wildman–Crippen LogP) is 2.60. The second kappa shape index (κ2) is 6.62. The number of carbonyl (C=O) groups excluding carboxylic acids is 1. The molecule has 0 aliphatic carbocycles. The summed E-state index contributed by atoms with van der Waals surface area (Å²) in [5, 5.41) is 6.25. The number of amides is 1. The lowest BCUT2D eigenvalue weighted by Gasteiger charge is -2.08. The van der Waals surface area contributed by atoms with Gasteiger partial charge in [0.25, 0.3) is 11.3 Å². The maximum Gasteiger partial charge on any atom is 0.277 e. The van der Waals surface area contributed by atoms with Crippen LogP contribution in [0.5, 0.6) is 0 Å². The third-order valence-corrected chi connectivity index (χ3v) is 4.10. The summed E-state index contributed by atoms with van der Waals surface area (Å²) in [6.45, 7) is 1.72. The molecule has 0 saturated heterocycles. The minimum absolute atomic E-state index is 0.112. The molecule has 0 aliphatic heterocycles. The standard InChI is InChI=1S/C15H13Cl2N5O2/c1-8-10(14(24)22-15(20-8)18-7-19-22)3-5-13(23)21-12-6-9(16)2-4-11(12)17/h2,4,6-7H,3,5H2,1H3,(H,21,23)(H,18,19,20). The molecule has 2 heterocycles. The summed E-state index contributed by atoms with van der Waals surface area (Å²) in [4.78, 5) is 32.7. The quantitative estimate of drug-likeness (QED) is 0.743. The van der Waals surface area contributed by atoms with Crippen molar-refractivity contribution in [1.82, 2.24) is 19.6 Å². The molecule has 1 aromatic carbocycles. The minimum Gasteiger partial charge on any atom is -0.325 e. The molecule has 0 unspecified atom stereocenters. The Morgan fingerprint density at radius 1 is 1.38 bits per heavy atom. The molecule has 0 bridgehead atoms. The molecular weight excluding hydrogens is 353 g/mol. The summed E-state index contributed by atoms with van der Waals surface area (Å²) in [5.41, 5.74) is 1.19. The molecule has 3 rings (SSSR count). The fourth-order valence-corrected chi connectivity index (χ4v) is 2.66. The highest BCUT2D eigenvalue weighted by molar-refractivity contribution is 6.35. The van der Waals surface area contributed by atoms with E-state index in [-0.39, 0.29) is 24.3 Å². The zero-order chi connectivity index (χ0) is 17.3. The Kier molecular flexibility index (Phi) is 4.55. The van der Waals surface area contributed by atoms with Crippen LogP contribution in [0.3, 0.4) is 0 Å². The normalized spacial score (nSPS) is 11.0. The fraction of sp³-hybridized carbons (Fsp3) is 0.200. The first kappa shape index (κ1) is 16.5. The largest absolute Gasteiger partial charge is 0.325 e. The number of nitrogens with one attached hydrogen (secondary N) is 2. The lowest BCUT2D eigenvalue weighted by molar-refractivity contribution is -0.116. The number of rotatable bonds is 4. The number of aryl methyl sites for hydroxylation is 1. The van der Waals surface area contributed by atoms with Gasteiger partial charge in [0.2, 0.25) is 5.91 Å². The Labute approximate surface area is 146 Å². The summed E-state index contributed by atoms with van der Waals surface area (Å²) >= 11 is 11.9. The van der Waals surface area contributed by atoms with Gasteiger partial charge in [-0.3, -0.25) is 14.7 Å². The van der Waals surface area contributed by atoms with Gasteiger partial charge < -0.3 is 5.32 Å². The molecule has 0 spiro atoms. The highest BCUT2D eigenvalue weighted by atomic mass is 35.5. The Morgan fingerprint density at radius 2 is 2.17 bits per heavy atom. The number of hydrogen-bond acceptors (Lipinski definition) is 4. The molecule has 0 atom stereocenters. The van der Waals surface area contributed by atoms with Gasteiger partial charge in [0.1, 0.15) is 6.33 Å². The number of anilines is 1. The van der Waals surface area contributed by atoms with Crippen LogP contribution >= 0.6 is 23.2 Å². The molecule has 9 heteroatoms. The summed E-state index contributed by atoms with van der Waals surface area (Å²) in [7, 11) is 0. The van der Waals surface area contributed by atoms with Gasteiger partial charge in [-0.15, -0.1) is 0 Å². The Bertz CT molecular complexity index is 980. The third-order valence-electron chi connectivity index (χ3n) is 3.54. The molecule has 0 fully saturated rings. The van der Waals surface area contributed by atoms with Crippen LogP contribution in [-0.4, -0.2) is 25.5 Å². The zero-order valence-electron chi connectivity index (χ0n) is 12.6. The molecule has 0 aliphatic rings. The molecule has 1 amide bonds. The van der Waals surface area contributed by atoms with Crippen LogP contribution in [0.25, 0.3) is 5.78 Å². The number of hydrogen-bond donors (Lipinski definition) is 2. The first-order chi connectivity index (χ1) is 11.5. The van der Waals surface area contributed by atoms with Gasteiger partial charge in [0.05, 0.1) is 16.4 Å². The average Bonchev–Trinajstić information content (AvgIpc) is 2.99. The maximum atomic E-state index is 12.4. The molecule has 2 aromatic heterocycles. The number of aromatic nitrogens is 4. The number of aromatic amines is 1. The molecule has 3 aromatic rings. The van der Waals surface area contributed by atoms with E-state index in [0.717, 1.165) is 0 Å². The molecule has 7 nitrogen and oxygen atoms in total. The second-order valence-electron chi connectivity index (χ2n) is 5.18. The molecule has 2 N–H and O–H groups in total. The monoisotopic (exact) mass is 365 g/mol.